The monoisotopic (exact) mass is 355 g/mol. The lowest BCUT2D eigenvalue weighted by molar-refractivity contribution is 0.0938. The Bertz CT molecular complexity index is 386. The Morgan fingerprint density at radius 2 is 2.31 bits per heavy atom. The summed E-state index contributed by atoms with van der Waals surface area (Å²) in [6.45, 7) is 1.89. The predicted molar refractivity (Wildman–Crippen MR) is 71.4 cm³/mol. The van der Waals surface area contributed by atoms with Crippen molar-refractivity contribution in [3.8, 4) is 0 Å². The molecule has 0 bridgehead atoms. The molecular formula is C11H12ClFINO. The first-order chi connectivity index (χ1) is 7.54. The second-order valence-corrected chi connectivity index (χ2v) is 5.02. The minimum atomic E-state index is -0.338. The molecule has 1 N–H and O–H groups in total. The van der Waals surface area contributed by atoms with Gasteiger partial charge in [0.25, 0.3) is 5.91 Å². The minimum Gasteiger partial charge on any atom is -0.350 e. The van der Waals surface area contributed by atoms with E-state index in [9.17, 15) is 9.18 Å². The van der Waals surface area contributed by atoms with Gasteiger partial charge >= 0.3 is 0 Å². The largest absolute Gasteiger partial charge is 0.350 e. The molecule has 0 saturated carbocycles. The third-order valence-corrected chi connectivity index (χ3v) is 3.21. The first-order valence-electron chi connectivity index (χ1n) is 4.86. The lowest BCUT2D eigenvalue weighted by atomic mass is 10.2. The lowest BCUT2D eigenvalue weighted by Crippen LogP contribution is -2.33. The smallest absolute Gasteiger partial charge is 0.252 e. The number of benzene rings is 1. The van der Waals surface area contributed by atoms with E-state index in [1.54, 1.807) is 0 Å². The fourth-order valence-corrected chi connectivity index (χ4v) is 2.26. The summed E-state index contributed by atoms with van der Waals surface area (Å²) >= 11 is 7.52. The first-order valence-corrected chi connectivity index (χ1v) is 6.47. The average molecular weight is 356 g/mol. The van der Waals surface area contributed by atoms with E-state index in [2.05, 4.69) is 5.32 Å². The lowest BCUT2D eigenvalue weighted by Gasteiger charge is -2.13. The first kappa shape index (κ1) is 13.7. The van der Waals surface area contributed by atoms with Crippen LogP contribution in [0.15, 0.2) is 18.2 Å². The van der Waals surface area contributed by atoms with E-state index in [-0.39, 0.29) is 17.8 Å². The number of hydrogen-bond donors (Lipinski definition) is 1. The highest BCUT2D eigenvalue weighted by Gasteiger charge is 2.12. The third kappa shape index (κ3) is 3.90. The van der Waals surface area contributed by atoms with Crippen LogP contribution < -0.4 is 5.32 Å². The van der Waals surface area contributed by atoms with Crippen molar-refractivity contribution < 1.29 is 9.18 Å². The summed E-state index contributed by atoms with van der Waals surface area (Å²) in [4.78, 5) is 11.8. The van der Waals surface area contributed by atoms with Crippen molar-refractivity contribution in [1.82, 2.24) is 5.32 Å². The van der Waals surface area contributed by atoms with Gasteiger partial charge in [-0.2, -0.15) is 0 Å². The van der Waals surface area contributed by atoms with E-state index >= 15 is 0 Å². The molecule has 16 heavy (non-hydrogen) atoms. The predicted octanol–water partition coefficient (Wildman–Crippen LogP) is 3.18. The number of rotatable bonds is 4. The molecule has 88 valence electrons. The molecule has 1 rings (SSSR count). The molecule has 0 spiro atoms. The van der Waals surface area contributed by atoms with Gasteiger partial charge in [0.05, 0.1) is 5.56 Å². The van der Waals surface area contributed by atoms with Gasteiger partial charge < -0.3 is 5.32 Å². The van der Waals surface area contributed by atoms with Crippen molar-refractivity contribution in [1.29, 1.82) is 0 Å². The van der Waals surface area contributed by atoms with E-state index in [1.165, 1.54) is 18.2 Å². The number of nitrogens with one attached hydrogen (secondary N) is 1. The minimum absolute atomic E-state index is 0.0193. The van der Waals surface area contributed by atoms with Crippen LogP contribution in [-0.4, -0.2) is 17.8 Å². The molecule has 0 aliphatic rings. The van der Waals surface area contributed by atoms with Gasteiger partial charge in [-0.25, -0.2) is 4.39 Å². The molecule has 1 atom stereocenters. The Kier molecular flexibility index (Phi) is 5.48. The topological polar surface area (TPSA) is 29.1 Å². The Labute approximate surface area is 113 Å². The van der Waals surface area contributed by atoms with E-state index in [0.717, 1.165) is 0 Å². The molecule has 0 aliphatic heterocycles. The zero-order valence-corrected chi connectivity index (χ0v) is 11.7. The van der Waals surface area contributed by atoms with Crippen LogP contribution in [0, 0.1) is 9.39 Å². The molecule has 0 aliphatic carbocycles. The highest BCUT2D eigenvalue weighted by Crippen LogP contribution is 2.14. The Morgan fingerprint density at radius 3 is 2.88 bits per heavy atom. The second-order valence-electron chi connectivity index (χ2n) is 3.48. The maximum atomic E-state index is 12.8. The number of alkyl halides is 1. The van der Waals surface area contributed by atoms with Gasteiger partial charge in [0.2, 0.25) is 0 Å². The van der Waals surface area contributed by atoms with Crippen molar-refractivity contribution >= 4 is 40.1 Å². The van der Waals surface area contributed by atoms with Crippen molar-refractivity contribution in [3.63, 3.8) is 0 Å². The Balaban J connectivity index is 2.73. The van der Waals surface area contributed by atoms with Crippen molar-refractivity contribution in [3.05, 3.63) is 33.1 Å². The van der Waals surface area contributed by atoms with Crippen LogP contribution in [0.4, 0.5) is 4.39 Å². The Morgan fingerprint density at radius 1 is 1.62 bits per heavy atom. The van der Waals surface area contributed by atoms with Gasteiger partial charge in [-0.15, -0.1) is 11.6 Å². The van der Waals surface area contributed by atoms with Gasteiger partial charge in [-0.05, 0) is 54.1 Å². The number of hydrogen-bond acceptors (Lipinski definition) is 1. The number of carbonyl (C=O) groups is 1. The quantitative estimate of drug-likeness (QED) is 0.652. The number of amides is 1. The third-order valence-electron chi connectivity index (χ3n) is 2.10. The van der Waals surface area contributed by atoms with Gasteiger partial charge in [-0.3, -0.25) is 4.79 Å². The molecule has 0 fully saturated rings. The van der Waals surface area contributed by atoms with Crippen LogP contribution >= 0.6 is 34.2 Å². The molecule has 0 radical (unpaired) electrons. The zero-order valence-electron chi connectivity index (χ0n) is 8.77. The molecular weight excluding hydrogens is 343 g/mol. The van der Waals surface area contributed by atoms with Crippen molar-refractivity contribution in [2.45, 2.75) is 19.4 Å². The van der Waals surface area contributed by atoms with E-state index < -0.39 is 0 Å². The molecule has 0 saturated heterocycles. The summed E-state index contributed by atoms with van der Waals surface area (Å²) in [6.07, 6.45) is 0.713. The van der Waals surface area contributed by atoms with Crippen LogP contribution in [0.25, 0.3) is 0 Å². The number of carbonyl (C=O) groups excluding carboxylic acids is 1. The molecule has 1 unspecified atom stereocenters. The van der Waals surface area contributed by atoms with E-state index in [0.29, 0.717) is 21.4 Å². The fourth-order valence-electron chi connectivity index (χ4n) is 1.21. The van der Waals surface area contributed by atoms with Gasteiger partial charge in [0.1, 0.15) is 5.82 Å². The molecule has 0 aromatic heterocycles. The molecule has 2 nitrogen and oxygen atoms in total. The van der Waals surface area contributed by atoms with E-state index in [1.807, 2.05) is 29.5 Å². The summed E-state index contributed by atoms with van der Waals surface area (Å²) in [5.41, 5.74) is 0.489. The van der Waals surface area contributed by atoms with E-state index in [4.69, 9.17) is 11.6 Å². The summed E-state index contributed by atoms with van der Waals surface area (Å²) in [7, 11) is 0. The average Bonchev–Trinajstić information content (AvgIpc) is 2.17. The summed E-state index contributed by atoms with van der Waals surface area (Å²) < 4.78 is 13.4. The molecule has 5 heteroatoms. The van der Waals surface area contributed by atoms with Gasteiger partial charge in [-0.1, -0.05) is 0 Å². The molecule has 0 heterocycles. The van der Waals surface area contributed by atoms with Crippen LogP contribution in [0.3, 0.4) is 0 Å². The summed E-state index contributed by atoms with van der Waals surface area (Å²) in [5, 5.41) is 2.81. The maximum Gasteiger partial charge on any atom is 0.252 e. The van der Waals surface area contributed by atoms with Crippen LogP contribution in [-0.2, 0) is 0 Å². The normalized spacial score (nSPS) is 12.2. The summed E-state index contributed by atoms with van der Waals surface area (Å²) in [6, 6.07) is 4.12. The highest BCUT2D eigenvalue weighted by molar-refractivity contribution is 14.1. The Hall–Kier alpha value is -0.360. The molecule has 1 amide bonds. The summed E-state index contributed by atoms with van der Waals surface area (Å²) in [5.74, 6) is -0.0288. The van der Waals surface area contributed by atoms with Gasteiger partial charge in [0.15, 0.2) is 0 Å². The van der Waals surface area contributed by atoms with Crippen LogP contribution in [0.2, 0.25) is 0 Å². The van der Waals surface area contributed by atoms with Crippen molar-refractivity contribution in [2.24, 2.45) is 0 Å². The maximum absolute atomic E-state index is 12.8. The van der Waals surface area contributed by atoms with Crippen LogP contribution in [0.5, 0.6) is 0 Å². The molecule has 1 aromatic rings. The second kappa shape index (κ2) is 6.39. The molecule has 1 aromatic carbocycles. The standard InChI is InChI=1S/C11H12ClFINO/c1-7(4-5-12)15-11(16)9-3-2-8(13)6-10(9)14/h2-3,6-7H,4-5H2,1H3,(H,15,16). The highest BCUT2D eigenvalue weighted by atomic mass is 127. The van der Waals surface area contributed by atoms with Gasteiger partial charge in [0, 0.05) is 15.5 Å². The van der Waals surface area contributed by atoms with Crippen LogP contribution in [0.1, 0.15) is 23.7 Å². The zero-order chi connectivity index (χ0) is 12.1. The fraction of sp³-hybridized carbons (Fsp3) is 0.364. The number of halogens is 3. The SMILES string of the molecule is CC(CCCl)NC(=O)c1ccc(F)cc1I. The van der Waals surface area contributed by atoms with Crippen molar-refractivity contribution in [2.75, 3.05) is 5.88 Å².